The monoisotopic (exact) mass is 436 g/mol. The van der Waals surface area contributed by atoms with Crippen molar-refractivity contribution in [1.82, 2.24) is 0 Å². The zero-order valence-corrected chi connectivity index (χ0v) is 16.6. The summed E-state index contributed by atoms with van der Waals surface area (Å²) in [4.78, 5) is 12.7. The van der Waals surface area contributed by atoms with Gasteiger partial charge in [-0.15, -0.1) is 0 Å². The number of sulfone groups is 1. The smallest absolute Gasteiger partial charge is 0.245 e. The maximum Gasteiger partial charge on any atom is 0.245 e. The van der Waals surface area contributed by atoms with Gasteiger partial charge in [0.15, 0.2) is 16.4 Å². The van der Waals surface area contributed by atoms with Crippen molar-refractivity contribution in [3.05, 3.63) is 53.0 Å². The summed E-state index contributed by atoms with van der Waals surface area (Å²) < 4.78 is 29.9. The number of ether oxygens (including phenoxy) is 1. The van der Waals surface area contributed by atoms with E-state index in [1.807, 2.05) is 6.07 Å². The molecular weight excluding hydrogens is 420 g/mol. The van der Waals surface area contributed by atoms with Crippen LogP contribution in [0.25, 0.3) is 0 Å². The highest BCUT2D eigenvalue weighted by Crippen LogP contribution is 2.28. The Hall–Kier alpha value is -2.37. The van der Waals surface area contributed by atoms with Crippen molar-refractivity contribution in [1.29, 1.82) is 5.26 Å². The Morgan fingerprint density at radius 1 is 1.15 bits per heavy atom. The molecular formula is C18H17BrN2O4S. The lowest BCUT2D eigenvalue weighted by Crippen LogP contribution is -2.44. The van der Waals surface area contributed by atoms with Crippen molar-refractivity contribution in [2.45, 2.75) is 23.5 Å². The third kappa shape index (κ3) is 4.23. The third-order valence-electron chi connectivity index (χ3n) is 3.76. The number of nitrogens with one attached hydrogen (secondary N) is 1. The molecule has 0 saturated heterocycles. The van der Waals surface area contributed by atoms with Crippen LogP contribution in [-0.4, -0.2) is 25.7 Å². The van der Waals surface area contributed by atoms with E-state index < -0.39 is 20.5 Å². The van der Waals surface area contributed by atoms with Crippen molar-refractivity contribution in [3.63, 3.8) is 0 Å². The second-order valence-corrected chi connectivity index (χ2v) is 9.31. The number of halogens is 1. The predicted octanol–water partition coefficient (Wildman–Crippen LogP) is 3.54. The molecule has 0 fully saturated rings. The molecule has 0 radical (unpaired) electrons. The van der Waals surface area contributed by atoms with E-state index in [1.54, 1.807) is 36.4 Å². The van der Waals surface area contributed by atoms with Gasteiger partial charge in [0.05, 0.1) is 4.90 Å². The van der Waals surface area contributed by atoms with Crippen LogP contribution in [0.4, 0.5) is 5.69 Å². The van der Waals surface area contributed by atoms with Crippen molar-refractivity contribution in [3.8, 4) is 11.8 Å². The first-order chi connectivity index (χ1) is 12.2. The normalized spacial score (nSPS) is 11.5. The average Bonchev–Trinajstić information content (AvgIpc) is 2.61. The first-order valence-electron chi connectivity index (χ1n) is 7.60. The van der Waals surface area contributed by atoms with Crippen LogP contribution in [0.2, 0.25) is 0 Å². The van der Waals surface area contributed by atoms with Gasteiger partial charge >= 0.3 is 0 Å². The molecule has 0 aliphatic carbocycles. The highest BCUT2D eigenvalue weighted by atomic mass is 79.9. The maximum absolute atomic E-state index is 12.8. The fourth-order valence-electron chi connectivity index (χ4n) is 2.06. The topological polar surface area (TPSA) is 96.3 Å². The Kier molecular flexibility index (Phi) is 6.05. The van der Waals surface area contributed by atoms with E-state index in [2.05, 4.69) is 21.2 Å². The van der Waals surface area contributed by atoms with Crippen LogP contribution in [-0.2, 0) is 14.6 Å². The fraction of sp³-hybridized carbons (Fsp3) is 0.222. The molecule has 2 rings (SSSR count). The van der Waals surface area contributed by atoms with Gasteiger partial charge in [0, 0.05) is 10.2 Å². The first kappa shape index (κ1) is 19.9. The molecule has 0 heterocycles. The molecule has 2 aromatic rings. The third-order valence-corrected chi connectivity index (χ3v) is 6.71. The Morgan fingerprint density at radius 3 is 2.27 bits per heavy atom. The molecule has 1 N–H and O–H groups in total. The van der Waals surface area contributed by atoms with Crippen LogP contribution in [0.5, 0.6) is 5.75 Å². The van der Waals surface area contributed by atoms with Crippen LogP contribution in [0, 0.1) is 11.3 Å². The zero-order chi connectivity index (χ0) is 19.4. The molecule has 0 aromatic heterocycles. The molecule has 2 aromatic carbocycles. The van der Waals surface area contributed by atoms with E-state index in [9.17, 15) is 13.2 Å². The lowest BCUT2D eigenvalue weighted by molar-refractivity contribution is -0.117. The summed E-state index contributed by atoms with van der Waals surface area (Å²) in [5.74, 6) is -0.169. The second kappa shape index (κ2) is 7.89. The number of nitrogens with zero attached hydrogens (tertiary/aromatic N) is 1. The largest absolute Gasteiger partial charge is 0.479 e. The maximum atomic E-state index is 12.8. The fourth-order valence-corrected chi connectivity index (χ4v) is 3.71. The van der Waals surface area contributed by atoms with Crippen LogP contribution in [0.1, 0.15) is 13.8 Å². The molecule has 0 aliphatic rings. The molecule has 1 amide bonds. The summed E-state index contributed by atoms with van der Waals surface area (Å²) in [7, 11) is -3.89. The zero-order valence-electron chi connectivity index (χ0n) is 14.2. The highest BCUT2D eigenvalue weighted by Gasteiger charge is 2.42. The minimum atomic E-state index is -3.89. The molecule has 0 aliphatic heterocycles. The Balaban J connectivity index is 2.19. The lowest BCUT2D eigenvalue weighted by Gasteiger charge is -2.24. The van der Waals surface area contributed by atoms with Gasteiger partial charge in [-0.3, -0.25) is 4.79 Å². The number of carbonyl (C=O) groups is 1. The molecule has 26 heavy (non-hydrogen) atoms. The minimum absolute atomic E-state index is 0.0705. The van der Waals surface area contributed by atoms with Gasteiger partial charge in [-0.1, -0.05) is 15.9 Å². The Labute approximate surface area is 160 Å². The average molecular weight is 437 g/mol. The van der Waals surface area contributed by atoms with E-state index in [-0.39, 0.29) is 11.5 Å². The van der Waals surface area contributed by atoms with Crippen LogP contribution >= 0.6 is 15.9 Å². The van der Waals surface area contributed by atoms with Crippen molar-refractivity contribution >= 4 is 37.4 Å². The lowest BCUT2D eigenvalue weighted by atomic mass is 10.2. The molecule has 0 spiro atoms. The molecule has 0 unspecified atom stereocenters. The van der Waals surface area contributed by atoms with Crippen LogP contribution in [0.3, 0.4) is 0 Å². The number of rotatable bonds is 6. The van der Waals surface area contributed by atoms with Gasteiger partial charge in [-0.25, -0.2) is 8.42 Å². The number of carbonyl (C=O) groups excluding carboxylic acids is 1. The van der Waals surface area contributed by atoms with Gasteiger partial charge in [0.2, 0.25) is 5.91 Å². The first-order valence-corrected chi connectivity index (χ1v) is 9.87. The van der Waals surface area contributed by atoms with Crippen molar-refractivity contribution in [2.24, 2.45) is 0 Å². The summed E-state index contributed by atoms with van der Waals surface area (Å²) in [6.45, 7) is 2.65. The predicted molar refractivity (Wildman–Crippen MR) is 102 cm³/mol. The Morgan fingerprint density at radius 2 is 1.73 bits per heavy atom. The van der Waals surface area contributed by atoms with Crippen molar-refractivity contribution < 1.29 is 17.9 Å². The van der Waals surface area contributed by atoms with Crippen LogP contribution < -0.4 is 10.1 Å². The number of amides is 1. The Bertz CT molecular complexity index is 931. The summed E-state index contributed by atoms with van der Waals surface area (Å²) in [6, 6.07) is 14.3. The van der Waals surface area contributed by atoms with E-state index in [4.69, 9.17) is 10.00 Å². The molecule has 6 nitrogen and oxygen atoms in total. The van der Waals surface area contributed by atoms with E-state index in [1.165, 1.54) is 26.0 Å². The molecule has 8 heteroatoms. The summed E-state index contributed by atoms with van der Waals surface area (Å²) in [5.41, 5.74) is 0.429. The van der Waals surface area contributed by atoms with Gasteiger partial charge in [0.1, 0.15) is 16.6 Å². The number of hydrogen-bond donors (Lipinski definition) is 1. The highest BCUT2D eigenvalue weighted by molar-refractivity contribution is 9.10. The quantitative estimate of drug-likeness (QED) is 0.746. The van der Waals surface area contributed by atoms with Gasteiger partial charge < -0.3 is 10.1 Å². The van der Waals surface area contributed by atoms with Crippen molar-refractivity contribution in [2.75, 3.05) is 11.9 Å². The van der Waals surface area contributed by atoms with Crippen LogP contribution in [0.15, 0.2) is 57.9 Å². The van der Waals surface area contributed by atoms with Gasteiger partial charge in [-0.05, 0) is 62.4 Å². The minimum Gasteiger partial charge on any atom is -0.479 e. The number of nitriles is 1. The number of benzene rings is 2. The summed E-state index contributed by atoms with van der Waals surface area (Å²) in [6.07, 6.45) is 0. The van der Waals surface area contributed by atoms with Gasteiger partial charge in [-0.2, -0.15) is 5.26 Å². The SMILES string of the molecule is CC(C)(C(=O)Nc1ccc(OCC#N)cc1)S(=O)(=O)c1ccc(Br)cc1. The molecule has 0 bridgehead atoms. The molecule has 0 atom stereocenters. The van der Waals surface area contributed by atoms with Gasteiger partial charge in [0.25, 0.3) is 0 Å². The van der Waals surface area contributed by atoms with E-state index >= 15 is 0 Å². The summed E-state index contributed by atoms with van der Waals surface area (Å²) in [5, 5.41) is 11.1. The van der Waals surface area contributed by atoms with E-state index in [0.29, 0.717) is 11.4 Å². The van der Waals surface area contributed by atoms with E-state index in [0.717, 1.165) is 4.47 Å². The number of anilines is 1. The summed E-state index contributed by atoms with van der Waals surface area (Å²) >= 11 is 3.26. The molecule has 0 saturated carbocycles. The standard InChI is InChI=1S/C18H17BrN2O4S/c1-18(2,26(23,24)16-9-3-13(19)4-10-16)17(22)21-14-5-7-15(8-6-14)25-12-11-20/h3-10H,12H2,1-2H3,(H,21,22). The second-order valence-electron chi connectivity index (χ2n) is 5.89. The number of hydrogen-bond acceptors (Lipinski definition) is 5. The molecule has 136 valence electrons.